The zero-order chi connectivity index (χ0) is 13.5. The predicted octanol–water partition coefficient (Wildman–Crippen LogP) is 2.63. The summed E-state index contributed by atoms with van der Waals surface area (Å²) in [6, 6.07) is 8.02. The van der Waals surface area contributed by atoms with Gasteiger partial charge >= 0.3 is 0 Å². The Balaban J connectivity index is 1.50. The zero-order valence-corrected chi connectivity index (χ0v) is 12.2. The first kappa shape index (κ1) is 14.3. The first-order valence-corrected chi connectivity index (χ1v) is 7.93. The van der Waals surface area contributed by atoms with Crippen molar-refractivity contribution in [3.8, 4) is 5.75 Å². The minimum absolute atomic E-state index is 0.146. The lowest BCUT2D eigenvalue weighted by atomic mass is 10.2. The lowest BCUT2D eigenvalue weighted by Crippen LogP contribution is -2.27. The van der Waals surface area contributed by atoms with E-state index in [1.807, 2.05) is 31.2 Å². The topological polar surface area (TPSA) is 38.3 Å². The fourth-order valence-corrected chi connectivity index (χ4v) is 2.35. The quantitative estimate of drug-likeness (QED) is 0.743. The third kappa shape index (κ3) is 6.01. The number of aryl methyl sites for hydroxylation is 1. The molecule has 19 heavy (non-hydrogen) atoms. The third-order valence-electron chi connectivity index (χ3n) is 3.00. The number of hydrogen-bond donors (Lipinski definition) is 1. The highest BCUT2D eigenvalue weighted by molar-refractivity contribution is 7.99. The van der Waals surface area contributed by atoms with Gasteiger partial charge in [-0.05, 0) is 43.4 Å². The minimum atomic E-state index is 0.146. The molecule has 1 saturated carbocycles. The van der Waals surface area contributed by atoms with E-state index in [1.165, 1.54) is 18.4 Å². The van der Waals surface area contributed by atoms with Crippen molar-refractivity contribution in [1.29, 1.82) is 0 Å². The number of hydrogen-bond acceptors (Lipinski definition) is 3. The second-order valence-electron chi connectivity index (χ2n) is 4.97. The second-order valence-corrected chi connectivity index (χ2v) is 6.07. The van der Waals surface area contributed by atoms with E-state index < -0.39 is 0 Å². The van der Waals surface area contributed by atoms with Crippen molar-refractivity contribution in [2.24, 2.45) is 5.92 Å². The number of nitrogens with one attached hydrogen (secondary N) is 1. The molecule has 3 nitrogen and oxygen atoms in total. The van der Waals surface area contributed by atoms with Gasteiger partial charge in [0.15, 0.2) is 0 Å². The van der Waals surface area contributed by atoms with Gasteiger partial charge in [0, 0.05) is 12.3 Å². The predicted molar refractivity (Wildman–Crippen MR) is 79.7 cm³/mol. The van der Waals surface area contributed by atoms with E-state index in [0.29, 0.717) is 12.4 Å². The van der Waals surface area contributed by atoms with Gasteiger partial charge in [-0.3, -0.25) is 4.79 Å². The Labute approximate surface area is 119 Å². The highest BCUT2D eigenvalue weighted by Gasteiger charge is 2.21. The van der Waals surface area contributed by atoms with Crippen LogP contribution in [0.1, 0.15) is 18.4 Å². The molecule has 0 heterocycles. The second kappa shape index (κ2) is 7.43. The van der Waals surface area contributed by atoms with E-state index in [1.54, 1.807) is 11.8 Å². The highest BCUT2D eigenvalue weighted by Crippen LogP contribution is 2.27. The molecule has 1 aliphatic carbocycles. The van der Waals surface area contributed by atoms with E-state index in [9.17, 15) is 4.79 Å². The van der Waals surface area contributed by atoms with Crippen LogP contribution in [0.15, 0.2) is 24.3 Å². The fourth-order valence-electron chi connectivity index (χ4n) is 1.72. The van der Waals surface area contributed by atoms with Gasteiger partial charge in [-0.25, -0.2) is 0 Å². The van der Waals surface area contributed by atoms with Crippen molar-refractivity contribution >= 4 is 17.7 Å². The Bertz CT molecular complexity index is 418. The average molecular weight is 279 g/mol. The monoisotopic (exact) mass is 279 g/mol. The molecule has 1 aromatic carbocycles. The lowest BCUT2D eigenvalue weighted by molar-refractivity contribution is -0.118. The maximum Gasteiger partial charge on any atom is 0.230 e. The number of rotatable bonds is 8. The number of benzene rings is 1. The van der Waals surface area contributed by atoms with Crippen LogP contribution in [0, 0.1) is 12.8 Å². The van der Waals surface area contributed by atoms with Crippen molar-refractivity contribution in [2.75, 3.05) is 24.7 Å². The van der Waals surface area contributed by atoms with E-state index in [2.05, 4.69) is 5.32 Å². The van der Waals surface area contributed by atoms with E-state index in [4.69, 9.17) is 4.74 Å². The molecule has 0 saturated heterocycles. The lowest BCUT2D eigenvalue weighted by Gasteiger charge is -2.07. The van der Waals surface area contributed by atoms with E-state index >= 15 is 0 Å². The molecule has 1 fully saturated rings. The van der Waals surface area contributed by atoms with Crippen molar-refractivity contribution in [3.05, 3.63) is 29.8 Å². The van der Waals surface area contributed by atoms with Gasteiger partial charge in [0.05, 0.1) is 12.4 Å². The van der Waals surface area contributed by atoms with Crippen LogP contribution >= 0.6 is 11.8 Å². The Hall–Kier alpha value is -1.16. The standard InChI is InChI=1S/C15H21NO2S/c1-12-3-2-4-14(9-12)18-7-8-19-11-15(17)16-10-13-5-6-13/h2-4,9,13H,5-8,10-11H2,1H3,(H,16,17). The van der Waals surface area contributed by atoms with Crippen molar-refractivity contribution in [1.82, 2.24) is 5.32 Å². The molecule has 104 valence electrons. The summed E-state index contributed by atoms with van der Waals surface area (Å²) in [7, 11) is 0. The van der Waals surface area contributed by atoms with Crippen LogP contribution in [-0.2, 0) is 4.79 Å². The Kier molecular flexibility index (Phi) is 5.58. The molecule has 0 bridgehead atoms. The summed E-state index contributed by atoms with van der Waals surface area (Å²) in [4.78, 5) is 11.5. The fraction of sp³-hybridized carbons (Fsp3) is 0.533. The van der Waals surface area contributed by atoms with Crippen molar-refractivity contribution in [2.45, 2.75) is 19.8 Å². The number of amides is 1. The summed E-state index contributed by atoms with van der Waals surface area (Å²) in [5.74, 6) is 3.17. The molecule has 0 unspecified atom stereocenters. The number of carbonyl (C=O) groups is 1. The molecule has 0 radical (unpaired) electrons. The van der Waals surface area contributed by atoms with Gasteiger partial charge in [0.25, 0.3) is 0 Å². The van der Waals surface area contributed by atoms with Gasteiger partial charge in [0.1, 0.15) is 5.75 Å². The molecule has 1 aromatic rings. The van der Waals surface area contributed by atoms with Gasteiger partial charge in [-0.15, -0.1) is 11.8 Å². The minimum Gasteiger partial charge on any atom is -0.493 e. The maximum atomic E-state index is 11.5. The van der Waals surface area contributed by atoms with Gasteiger partial charge in [-0.2, -0.15) is 0 Å². The highest BCUT2D eigenvalue weighted by atomic mass is 32.2. The van der Waals surface area contributed by atoms with E-state index in [-0.39, 0.29) is 5.91 Å². The van der Waals surface area contributed by atoms with E-state index in [0.717, 1.165) is 24.0 Å². The molecular formula is C15H21NO2S. The Morgan fingerprint density at radius 3 is 3.05 bits per heavy atom. The van der Waals surface area contributed by atoms with Crippen LogP contribution in [0.5, 0.6) is 5.75 Å². The molecule has 1 aliphatic rings. The van der Waals surface area contributed by atoms with Crippen LogP contribution in [0.25, 0.3) is 0 Å². The molecule has 0 spiro atoms. The first-order valence-electron chi connectivity index (χ1n) is 6.78. The van der Waals surface area contributed by atoms with Crippen molar-refractivity contribution in [3.63, 3.8) is 0 Å². The Morgan fingerprint density at radius 1 is 1.47 bits per heavy atom. The van der Waals surface area contributed by atoms with Crippen LogP contribution < -0.4 is 10.1 Å². The van der Waals surface area contributed by atoms with Crippen LogP contribution in [0.2, 0.25) is 0 Å². The van der Waals surface area contributed by atoms with Gasteiger partial charge < -0.3 is 10.1 Å². The molecule has 0 aliphatic heterocycles. The van der Waals surface area contributed by atoms with Gasteiger partial charge in [-0.1, -0.05) is 12.1 Å². The van der Waals surface area contributed by atoms with Crippen LogP contribution in [0.4, 0.5) is 0 Å². The summed E-state index contributed by atoms with van der Waals surface area (Å²) in [6.45, 7) is 3.55. The molecular weight excluding hydrogens is 258 g/mol. The first-order chi connectivity index (χ1) is 9.24. The summed E-state index contributed by atoms with van der Waals surface area (Å²) in [5.41, 5.74) is 1.20. The van der Waals surface area contributed by atoms with Crippen molar-refractivity contribution < 1.29 is 9.53 Å². The Morgan fingerprint density at radius 2 is 2.32 bits per heavy atom. The number of carbonyl (C=O) groups excluding carboxylic acids is 1. The SMILES string of the molecule is Cc1cccc(OCCSCC(=O)NCC2CC2)c1. The number of thioether (sulfide) groups is 1. The summed E-state index contributed by atoms with van der Waals surface area (Å²) >= 11 is 1.62. The largest absolute Gasteiger partial charge is 0.493 e. The maximum absolute atomic E-state index is 11.5. The molecule has 1 N–H and O–H groups in total. The van der Waals surface area contributed by atoms with Gasteiger partial charge in [0.2, 0.25) is 5.91 Å². The third-order valence-corrected chi connectivity index (χ3v) is 3.93. The number of ether oxygens (including phenoxy) is 1. The summed E-state index contributed by atoms with van der Waals surface area (Å²) in [6.07, 6.45) is 2.55. The summed E-state index contributed by atoms with van der Waals surface area (Å²) < 4.78 is 5.62. The van der Waals surface area contributed by atoms with Crippen LogP contribution in [0.3, 0.4) is 0 Å². The molecule has 0 atom stereocenters. The molecule has 2 rings (SSSR count). The molecule has 0 aromatic heterocycles. The molecule has 1 amide bonds. The summed E-state index contributed by atoms with van der Waals surface area (Å²) in [5, 5.41) is 2.96. The van der Waals surface area contributed by atoms with Crippen LogP contribution in [-0.4, -0.2) is 30.6 Å². The normalized spacial score (nSPS) is 14.2. The molecule has 4 heteroatoms. The zero-order valence-electron chi connectivity index (χ0n) is 11.4. The smallest absolute Gasteiger partial charge is 0.230 e. The average Bonchev–Trinajstić information content (AvgIpc) is 3.20.